The van der Waals surface area contributed by atoms with Crippen LogP contribution >= 0.6 is 0 Å². The summed E-state index contributed by atoms with van der Waals surface area (Å²) in [6, 6.07) is 14.2. The van der Waals surface area contributed by atoms with Gasteiger partial charge in [-0.05, 0) is 50.5 Å². The van der Waals surface area contributed by atoms with Crippen molar-refractivity contribution in [3.63, 3.8) is 0 Å². The Hall–Kier alpha value is -3.68. The van der Waals surface area contributed by atoms with Crippen molar-refractivity contribution >= 4 is 23.8 Å². The van der Waals surface area contributed by atoms with Crippen molar-refractivity contribution in [1.82, 2.24) is 5.32 Å². The average Bonchev–Trinajstić information content (AvgIpc) is 2.71. The Bertz CT molecular complexity index is 917. The van der Waals surface area contributed by atoms with E-state index in [0.717, 1.165) is 11.1 Å². The first-order valence-corrected chi connectivity index (χ1v) is 9.75. The molecule has 0 heterocycles. The Morgan fingerprint density at radius 1 is 1.10 bits per heavy atom. The van der Waals surface area contributed by atoms with Crippen molar-refractivity contribution in [3.05, 3.63) is 81.9 Å². The highest BCUT2D eigenvalue weighted by Gasteiger charge is 2.26. The molecular formula is C23H26N2O6. The lowest BCUT2D eigenvalue weighted by Gasteiger charge is -2.24. The summed E-state index contributed by atoms with van der Waals surface area (Å²) >= 11 is 0. The number of nitrogens with one attached hydrogen (secondary N) is 1. The number of ether oxygens (including phenoxy) is 2. The van der Waals surface area contributed by atoms with Crippen LogP contribution in [0.1, 0.15) is 38.3 Å². The van der Waals surface area contributed by atoms with Crippen molar-refractivity contribution in [2.75, 3.05) is 0 Å². The summed E-state index contributed by atoms with van der Waals surface area (Å²) in [4.78, 5) is 35.0. The van der Waals surface area contributed by atoms with Crippen LogP contribution in [0.5, 0.6) is 0 Å². The number of nitro groups is 1. The summed E-state index contributed by atoms with van der Waals surface area (Å²) < 4.78 is 10.6. The molecule has 31 heavy (non-hydrogen) atoms. The van der Waals surface area contributed by atoms with E-state index >= 15 is 0 Å². The van der Waals surface area contributed by atoms with Crippen LogP contribution in [0.4, 0.5) is 10.5 Å². The van der Waals surface area contributed by atoms with E-state index in [4.69, 9.17) is 9.47 Å². The van der Waals surface area contributed by atoms with E-state index in [1.165, 1.54) is 12.1 Å². The zero-order chi connectivity index (χ0) is 22.9. The third-order valence-corrected chi connectivity index (χ3v) is 3.98. The molecule has 0 aliphatic rings. The van der Waals surface area contributed by atoms with E-state index in [1.54, 1.807) is 45.1 Å². The molecule has 2 aromatic carbocycles. The van der Waals surface area contributed by atoms with Gasteiger partial charge < -0.3 is 14.8 Å². The standard InChI is InChI=1S/C23H26N2O6/c1-23(2,3)31-21(26)20(24-22(27)30-16-18-8-5-4-6-9-18)11-7-10-17-12-14-19(15-13-17)25(28)29/h4-10,12-15,20H,11,16H2,1-3H3,(H,24,27)/b10-7+/t20-/m0/s1. The fraction of sp³-hybridized carbons (Fsp3) is 0.304. The Kier molecular flexibility index (Phi) is 8.31. The molecule has 1 atom stereocenters. The number of benzene rings is 2. The van der Waals surface area contributed by atoms with Gasteiger partial charge in [-0.3, -0.25) is 10.1 Å². The van der Waals surface area contributed by atoms with Gasteiger partial charge in [0.15, 0.2) is 0 Å². The first kappa shape index (κ1) is 23.6. The predicted octanol–water partition coefficient (Wildman–Crippen LogP) is 4.63. The molecule has 164 valence electrons. The minimum Gasteiger partial charge on any atom is -0.458 e. The topological polar surface area (TPSA) is 108 Å². The maximum Gasteiger partial charge on any atom is 0.408 e. The highest BCUT2D eigenvalue weighted by molar-refractivity contribution is 5.82. The van der Waals surface area contributed by atoms with Crippen LogP contribution in [0.25, 0.3) is 6.08 Å². The Morgan fingerprint density at radius 2 is 1.74 bits per heavy atom. The maximum absolute atomic E-state index is 12.5. The van der Waals surface area contributed by atoms with Gasteiger partial charge in [0, 0.05) is 12.1 Å². The van der Waals surface area contributed by atoms with Crippen LogP contribution in [0.2, 0.25) is 0 Å². The van der Waals surface area contributed by atoms with E-state index in [0.29, 0.717) is 0 Å². The van der Waals surface area contributed by atoms with Crippen molar-refractivity contribution in [1.29, 1.82) is 0 Å². The molecule has 2 rings (SSSR count). The maximum atomic E-state index is 12.5. The monoisotopic (exact) mass is 426 g/mol. The molecule has 1 N–H and O–H groups in total. The molecule has 0 saturated carbocycles. The van der Waals surface area contributed by atoms with Crippen LogP contribution in [-0.4, -0.2) is 28.6 Å². The molecule has 0 saturated heterocycles. The van der Waals surface area contributed by atoms with Gasteiger partial charge in [0.25, 0.3) is 5.69 Å². The van der Waals surface area contributed by atoms with E-state index in [2.05, 4.69) is 5.32 Å². The minimum absolute atomic E-state index is 0.00777. The summed E-state index contributed by atoms with van der Waals surface area (Å²) in [5, 5.41) is 13.3. The van der Waals surface area contributed by atoms with E-state index in [1.807, 2.05) is 30.3 Å². The van der Waals surface area contributed by atoms with Gasteiger partial charge >= 0.3 is 12.1 Å². The van der Waals surface area contributed by atoms with Gasteiger partial charge in [0.2, 0.25) is 0 Å². The first-order valence-electron chi connectivity index (χ1n) is 9.75. The summed E-state index contributed by atoms with van der Waals surface area (Å²) in [5.41, 5.74) is 0.823. The van der Waals surface area contributed by atoms with Crippen LogP contribution in [-0.2, 0) is 20.9 Å². The number of carbonyl (C=O) groups is 2. The number of nitrogens with zero attached hydrogens (tertiary/aromatic N) is 1. The second-order valence-corrected chi connectivity index (χ2v) is 7.78. The number of amides is 1. The molecule has 0 fully saturated rings. The fourth-order valence-corrected chi connectivity index (χ4v) is 2.54. The quantitative estimate of drug-likeness (QED) is 0.374. The van der Waals surface area contributed by atoms with Crippen molar-refractivity contribution in [2.45, 2.75) is 45.4 Å². The summed E-state index contributed by atoms with van der Waals surface area (Å²) in [7, 11) is 0. The second kappa shape index (κ2) is 10.9. The molecule has 8 heteroatoms. The Morgan fingerprint density at radius 3 is 2.32 bits per heavy atom. The minimum atomic E-state index is -0.947. The van der Waals surface area contributed by atoms with Gasteiger partial charge in [0.05, 0.1) is 4.92 Å². The molecule has 2 aromatic rings. The number of hydrogen-bond acceptors (Lipinski definition) is 6. The van der Waals surface area contributed by atoms with E-state index in [9.17, 15) is 19.7 Å². The number of nitro benzene ring substituents is 1. The SMILES string of the molecule is CC(C)(C)OC(=O)[C@H](C/C=C/c1ccc([N+](=O)[O-])cc1)NC(=O)OCc1ccccc1. The number of esters is 1. The number of carbonyl (C=O) groups excluding carboxylic acids is 2. The van der Waals surface area contributed by atoms with Crippen molar-refractivity contribution in [3.8, 4) is 0 Å². The molecular weight excluding hydrogens is 400 g/mol. The molecule has 8 nitrogen and oxygen atoms in total. The van der Waals surface area contributed by atoms with Crippen molar-refractivity contribution in [2.24, 2.45) is 0 Å². The van der Waals surface area contributed by atoms with Gasteiger partial charge in [-0.2, -0.15) is 0 Å². The molecule has 0 radical (unpaired) electrons. The van der Waals surface area contributed by atoms with E-state index < -0.39 is 28.6 Å². The summed E-state index contributed by atoms with van der Waals surface area (Å²) in [6.07, 6.45) is 2.82. The molecule has 0 aliphatic heterocycles. The zero-order valence-corrected chi connectivity index (χ0v) is 17.7. The average molecular weight is 426 g/mol. The largest absolute Gasteiger partial charge is 0.458 e. The molecule has 0 aromatic heterocycles. The Labute approximate surface area is 181 Å². The fourth-order valence-electron chi connectivity index (χ4n) is 2.54. The lowest BCUT2D eigenvalue weighted by atomic mass is 10.1. The molecule has 0 spiro atoms. The van der Waals surface area contributed by atoms with Gasteiger partial charge in [-0.1, -0.05) is 42.5 Å². The lowest BCUT2D eigenvalue weighted by molar-refractivity contribution is -0.384. The van der Waals surface area contributed by atoms with Crippen LogP contribution in [0, 0.1) is 10.1 Å². The Balaban J connectivity index is 2.00. The third kappa shape index (κ3) is 8.69. The van der Waals surface area contributed by atoms with E-state index in [-0.39, 0.29) is 18.7 Å². The number of hydrogen-bond donors (Lipinski definition) is 1. The van der Waals surface area contributed by atoms with Gasteiger partial charge in [-0.15, -0.1) is 0 Å². The summed E-state index contributed by atoms with van der Waals surface area (Å²) in [5.74, 6) is -0.586. The highest BCUT2D eigenvalue weighted by Crippen LogP contribution is 2.14. The zero-order valence-electron chi connectivity index (χ0n) is 17.7. The third-order valence-electron chi connectivity index (χ3n) is 3.98. The molecule has 0 unspecified atom stereocenters. The van der Waals surface area contributed by atoms with Crippen LogP contribution in [0.15, 0.2) is 60.7 Å². The first-order chi connectivity index (χ1) is 14.6. The number of non-ortho nitro benzene ring substituents is 1. The number of rotatable bonds is 8. The second-order valence-electron chi connectivity index (χ2n) is 7.78. The lowest BCUT2D eigenvalue weighted by Crippen LogP contribution is -2.44. The van der Waals surface area contributed by atoms with Crippen molar-refractivity contribution < 1.29 is 24.0 Å². The van der Waals surface area contributed by atoms with Crippen LogP contribution < -0.4 is 5.32 Å². The highest BCUT2D eigenvalue weighted by atomic mass is 16.6. The smallest absolute Gasteiger partial charge is 0.408 e. The summed E-state index contributed by atoms with van der Waals surface area (Å²) in [6.45, 7) is 5.29. The van der Waals surface area contributed by atoms with Crippen LogP contribution in [0.3, 0.4) is 0 Å². The van der Waals surface area contributed by atoms with Gasteiger partial charge in [-0.25, -0.2) is 9.59 Å². The predicted molar refractivity (Wildman–Crippen MR) is 116 cm³/mol. The molecule has 0 aliphatic carbocycles. The molecule has 1 amide bonds. The van der Waals surface area contributed by atoms with Gasteiger partial charge in [0.1, 0.15) is 18.2 Å². The normalized spacial score (nSPS) is 12.2. The molecule has 0 bridgehead atoms. The number of alkyl carbamates (subject to hydrolysis) is 1.